The van der Waals surface area contributed by atoms with Crippen LogP contribution in [0.5, 0.6) is 0 Å². The number of nitro groups is 1. The van der Waals surface area contributed by atoms with Gasteiger partial charge in [-0.2, -0.15) is 0 Å². The van der Waals surface area contributed by atoms with Gasteiger partial charge in [-0.3, -0.25) is 10.1 Å². The zero-order valence-corrected chi connectivity index (χ0v) is 10.5. The van der Waals surface area contributed by atoms with E-state index in [1.165, 1.54) is 12.1 Å². The molecule has 1 aliphatic rings. The van der Waals surface area contributed by atoms with E-state index < -0.39 is 17.1 Å². The van der Waals surface area contributed by atoms with Crippen LogP contribution in [0.15, 0.2) is 18.2 Å². The summed E-state index contributed by atoms with van der Waals surface area (Å²) >= 11 is 5.73. The van der Waals surface area contributed by atoms with Gasteiger partial charge in [0.05, 0.1) is 17.1 Å². The van der Waals surface area contributed by atoms with Crippen molar-refractivity contribution >= 4 is 17.3 Å². The minimum absolute atomic E-state index is 0.0779. The largest absolute Gasteiger partial charge is 0.391 e. The molecule has 98 valence electrons. The third kappa shape index (κ3) is 2.48. The van der Waals surface area contributed by atoms with Crippen molar-refractivity contribution in [2.45, 2.75) is 31.4 Å². The third-order valence-corrected chi connectivity index (χ3v) is 3.87. The summed E-state index contributed by atoms with van der Waals surface area (Å²) in [6.45, 7) is 0. The number of rotatable bonds is 4. The van der Waals surface area contributed by atoms with E-state index in [0.717, 1.165) is 19.3 Å². The lowest BCUT2D eigenvalue weighted by Gasteiger charge is -2.33. The predicted molar refractivity (Wildman–Crippen MR) is 68.4 cm³/mol. The van der Waals surface area contributed by atoms with Crippen LogP contribution in [-0.4, -0.2) is 16.1 Å². The van der Waals surface area contributed by atoms with E-state index in [9.17, 15) is 15.2 Å². The molecule has 6 heteroatoms. The molecule has 1 fully saturated rings. The van der Waals surface area contributed by atoms with Gasteiger partial charge >= 0.3 is 0 Å². The van der Waals surface area contributed by atoms with E-state index >= 15 is 0 Å². The lowest BCUT2D eigenvalue weighted by Crippen LogP contribution is -2.36. The van der Waals surface area contributed by atoms with Crippen molar-refractivity contribution < 1.29 is 10.0 Å². The monoisotopic (exact) mass is 270 g/mol. The first kappa shape index (κ1) is 13.3. The SMILES string of the molecule is N[C@H](c1ccc(Cl)c([N+](=O)[O-])c1)[C@@H](O)C1CCC1. The van der Waals surface area contributed by atoms with Gasteiger partial charge in [0.25, 0.3) is 5.69 Å². The molecule has 1 saturated carbocycles. The number of aliphatic hydroxyl groups is 1. The van der Waals surface area contributed by atoms with Gasteiger partial charge in [0, 0.05) is 6.07 Å². The quantitative estimate of drug-likeness (QED) is 0.649. The minimum atomic E-state index is -0.653. The van der Waals surface area contributed by atoms with Crippen LogP contribution in [0.2, 0.25) is 5.02 Å². The molecular formula is C12H15ClN2O3. The number of aliphatic hydroxyl groups excluding tert-OH is 1. The maximum Gasteiger partial charge on any atom is 0.288 e. The Kier molecular flexibility index (Phi) is 3.85. The fourth-order valence-corrected chi connectivity index (χ4v) is 2.34. The zero-order valence-electron chi connectivity index (χ0n) is 9.75. The van der Waals surface area contributed by atoms with E-state index in [-0.39, 0.29) is 16.6 Å². The maximum absolute atomic E-state index is 10.8. The van der Waals surface area contributed by atoms with E-state index in [2.05, 4.69) is 0 Å². The van der Waals surface area contributed by atoms with Crippen molar-refractivity contribution in [3.63, 3.8) is 0 Å². The van der Waals surface area contributed by atoms with Crippen molar-refractivity contribution in [2.75, 3.05) is 0 Å². The van der Waals surface area contributed by atoms with Gasteiger partial charge in [0.2, 0.25) is 0 Å². The Bertz CT molecular complexity index is 463. The van der Waals surface area contributed by atoms with Crippen LogP contribution in [-0.2, 0) is 0 Å². The van der Waals surface area contributed by atoms with Gasteiger partial charge < -0.3 is 10.8 Å². The first-order valence-corrected chi connectivity index (χ1v) is 6.26. The van der Waals surface area contributed by atoms with Crippen LogP contribution < -0.4 is 5.73 Å². The Hall–Kier alpha value is -1.17. The summed E-state index contributed by atoms with van der Waals surface area (Å²) in [6.07, 6.45) is 2.38. The third-order valence-electron chi connectivity index (χ3n) is 3.55. The van der Waals surface area contributed by atoms with Gasteiger partial charge in [-0.15, -0.1) is 0 Å². The average Bonchev–Trinajstić information content (AvgIpc) is 2.26. The Balaban J connectivity index is 2.21. The number of halogens is 1. The smallest absolute Gasteiger partial charge is 0.288 e. The van der Waals surface area contributed by atoms with E-state index in [1.54, 1.807) is 6.07 Å². The minimum Gasteiger partial charge on any atom is -0.391 e. The molecule has 2 rings (SSSR count). The molecule has 1 aromatic rings. The maximum atomic E-state index is 10.8. The second kappa shape index (κ2) is 5.22. The van der Waals surface area contributed by atoms with Crippen molar-refractivity contribution in [3.8, 4) is 0 Å². The molecule has 0 aromatic heterocycles. The van der Waals surface area contributed by atoms with E-state index in [1.807, 2.05) is 0 Å². The van der Waals surface area contributed by atoms with Gasteiger partial charge in [0.1, 0.15) is 5.02 Å². The summed E-state index contributed by atoms with van der Waals surface area (Å²) in [5, 5.41) is 20.9. The summed E-state index contributed by atoms with van der Waals surface area (Å²) in [5.41, 5.74) is 6.32. The van der Waals surface area contributed by atoms with Crippen LogP contribution in [0.3, 0.4) is 0 Å². The molecule has 18 heavy (non-hydrogen) atoms. The van der Waals surface area contributed by atoms with Gasteiger partial charge in [-0.1, -0.05) is 24.1 Å². The standard InChI is InChI=1S/C12H15ClN2O3/c13-9-5-4-8(6-10(9)15(17)18)11(14)12(16)7-2-1-3-7/h4-7,11-12,16H,1-3,14H2/t11-,12+/m1/s1. The molecule has 0 amide bonds. The van der Waals surface area contributed by atoms with E-state index in [0.29, 0.717) is 5.56 Å². The molecule has 0 unspecified atom stereocenters. The number of nitro benzene ring substituents is 1. The van der Waals surface area contributed by atoms with E-state index in [4.69, 9.17) is 17.3 Å². The van der Waals surface area contributed by atoms with Crippen molar-refractivity contribution in [3.05, 3.63) is 38.9 Å². The molecule has 0 radical (unpaired) electrons. The zero-order chi connectivity index (χ0) is 13.3. The highest BCUT2D eigenvalue weighted by molar-refractivity contribution is 6.32. The summed E-state index contributed by atoms with van der Waals surface area (Å²) < 4.78 is 0. The summed E-state index contributed by atoms with van der Waals surface area (Å²) in [7, 11) is 0. The molecule has 0 aliphatic heterocycles. The van der Waals surface area contributed by atoms with Crippen molar-refractivity contribution in [1.29, 1.82) is 0 Å². The van der Waals surface area contributed by atoms with Gasteiger partial charge in [0.15, 0.2) is 0 Å². The van der Waals surface area contributed by atoms with Crippen LogP contribution >= 0.6 is 11.6 Å². The molecular weight excluding hydrogens is 256 g/mol. The fraction of sp³-hybridized carbons (Fsp3) is 0.500. The van der Waals surface area contributed by atoms with Crippen LogP contribution in [0.4, 0.5) is 5.69 Å². The molecule has 5 nitrogen and oxygen atoms in total. The highest BCUT2D eigenvalue weighted by Gasteiger charge is 2.31. The summed E-state index contributed by atoms with van der Waals surface area (Å²) in [5.74, 6) is 0.203. The number of benzene rings is 1. The molecule has 0 saturated heterocycles. The highest BCUT2D eigenvalue weighted by Crippen LogP contribution is 2.35. The number of nitrogens with two attached hydrogens (primary N) is 1. The van der Waals surface area contributed by atoms with Crippen LogP contribution in [0.1, 0.15) is 30.9 Å². The second-order valence-electron chi connectivity index (χ2n) is 4.68. The van der Waals surface area contributed by atoms with Crippen LogP contribution in [0, 0.1) is 16.0 Å². The number of hydrogen-bond donors (Lipinski definition) is 2. The molecule has 0 bridgehead atoms. The summed E-state index contributed by atoms with van der Waals surface area (Å²) in [4.78, 5) is 10.2. The number of hydrogen-bond acceptors (Lipinski definition) is 4. The Morgan fingerprint density at radius 1 is 1.50 bits per heavy atom. The normalized spacial score (nSPS) is 19.1. The Morgan fingerprint density at radius 3 is 2.67 bits per heavy atom. The van der Waals surface area contributed by atoms with Gasteiger partial charge in [-0.05, 0) is 30.4 Å². The Morgan fingerprint density at radius 2 is 2.17 bits per heavy atom. The molecule has 1 aliphatic carbocycles. The number of nitrogens with zero attached hydrogens (tertiary/aromatic N) is 1. The Labute approximate surface area is 110 Å². The first-order valence-electron chi connectivity index (χ1n) is 5.88. The molecule has 0 spiro atoms. The lowest BCUT2D eigenvalue weighted by atomic mass is 9.77. The molecule has 3 N–H and O–H groups in total. The topological polar surface area (TPSA) is 89.4 Å². The second-order valence-corrected chi connectivity index (χ2v) is 5.08. The van der Waals surface area contributed by atoms with Gasteiger partial charge in [-0.25, -0.2) is 0 Å². The highest BCUT2D eigenvalue weighted by atomic mass is 35.5. The summed E-state index contributed by atoms with van der Waals surface area (Å²) in [6, 6.07) is 3.81. The molecule has 1 aromatic carbocycles. The van der Waals surface area contributed by atoms with Crippen molar-refractivity contribution in [1.82, 2.24) is 0 Å². The molecule has 2 atom stereocenters. The van der Waals surface area contributed by atoms with Crippen molar-refractivity contribution in [2.24, 2.45) is 11.7 Å². The lowest BCUT2D eigenvalue weighted by molar-refractivity contribution is -0.384. The first-order chi connectivity index (χ1) is 8.50. The predicted octanol–water partition coefficient (Wildman–Crippen LogP) is 2.41. The van der Waals surface area contributed by atoms with Crippen LogP contribution in [0.25, 0.3) is 0 Å². The molecule has 0 heterocycles. The fourth-order valence-electron chi connectivity index (χ4n) is 2.15. The average molecular weight is 271 g/mol.